The number of fused-ring (bicyclic) bond motifs is 7. The van der Waals surface area contributed by atoms with Crippen molar-refractivity contribution in [2.24, 2.45) is 62.6 Å². The average Bonchev–Trinajstić information content (AvgIpc) is 3.63. The molecule has 0 aliphatic heterocycles. The monoisotopic (exact) mass is 862 g/mol. The summed E-state index contributed by atoms with van der Waals surface area (Å²) in [6.07, 6.45) is 23.4. The maximum absolute atomic E-state index is 13.6. The van der Waals surface area contributed by atoms with Gasteiger partial charge in [0.1, 0.15) is 29.4 Å². The fourth-order valence-corrected chi connectivity index (χ4v) is 16.6. The van der Waals surface area contributed by atoms with Crippen LogP contribution in [-0.4, -0.2) is 52.7 Å². The van der Waals surface area contributed by atoms with Gasteiger partial charge >= 0.3 is 5.97 Å². The quantitative estimate of drug-likeness (QED) is 0.157. The van der Waals surface area contributed by atoms with Crippen LogP contribution in [0.4, 0.5) is 0 Å². The van der Waals surface area contributed by atoms with Crippen LogP contribution in [0.2, 0.25) is 0 Å². The summed E-state index contributed by atoms with van der Waals surface area (Å²) in [4.78, 5) is 30.0. The Kier molecular flexibility index (Phi) is 12.4. The number of allylic oxidation sites excluding steroid dienone is 5. The molecule has 0 unspecified atom stereocenters. The number of hydrogen-bond donors (Lipinski definition) is 2. The highest BCUT2D eigenvalue weighted by molar-refractivity contribution is 5.78. The topological polar surface area (TPSA) is 122 Å². The number of ketones is 1. The molecule has 2 N–H and O–H groups in total. The van der Waals surface area contributed by atoms with Gasteiger partial charge in [-0.1, -0.05) is 58.9 Å². The van der Waals surface area contributed by atoms with E-state index < -0.39 is 11.0 Å². The summed E-state index contributed by atoms with van der Waals surface area (Å²) in [7, 11) is 0. The number of nitriles is 1. The number of carbonyl (C=O) groups excluding carboxylic acids is 2. The molecule has 5 saturated carbocycles. The molecule has 0 spiro atoms. The van der Waals surface area contributed by atoms with Gasteiger partial charge in [0.15, 0.2) is 0 Å². The van der Waals surface area contributed by atoms with Crippen LogP contribution in [0.5, 0.6) is 5.88 Å². The minimum atomic E-state index is -0.828. The Hall–Kier alpha value is -3.28. The van der Waals surface area contributed by atoms with Crippen LogP contribution in [0, 0.1) is 73.9 Å². The van der Waals surface area contributed by atoms with E-state index in [1.165, 1.54) is 68.1 Å². The van der Waals surface area contributed by atoms with Gasteiger partial charge in [-0.05, 0) is 211 Å². The molecule has 8 rings (SSSR count). The average molecular weight is 862 g/mol. The molecule has 0 bridgehead atoms. The molecule has 0 radical (unpaired) electrons. The summed E-state index contributed by atoms with van der Waals surface area (Å²) in [6.45, 7) is 24.9. The number of pyridine rings is 1. The minimum absolute atomic E-state index is 0.00841. The van der Waals surface area contributed by atoms with E-state index in [1.54, 1.807) is 25.3 Å². The third-order valence-corrected chi connectivity index (χ3v) is 20.2. The summed E-state index contributed by atoms with van der Waals surface area (Å²) in [5, 5.41) is 25.5. The molecule has 0 aromatic carbocycles. The number of carbonyl (C=O) groups is 2. The molecule has 7 aliphatic carbocycles. The molecule has 5 fully saturated rings. The zero-order valence-electron chi connectivity index (χ0n) is 40.2. The van der Waals surface area contributed by atoms with Gasteiger partial charge in [-0.25, -0.2) is 4.98 Å². The fraction of sp³-hybridized carbons (Fsp3) is 0.745. The van der Waals surface area contributed by atoms with E-state index in [1.807, 2.05) is 6.92 Å². The summed E-state index contributed by atoms with van der Waals surface area (Å²) >= 11 is 0. The lowest BCUT2D eigenvalue weighted by Crippen LogP contribution is -2.68. The van der Waals surface area contributed by atoms with Gasteiger partial charge < -0.3 is 19.9 Å². The Morgan fingerprint density at radius 2 is 1.68 bits per heavy atom. The van der Waals surface area contributed by atoms with Crippen LogP contribution < -0.4 is 10.1 Å². The molecular formula is C55H79N3O5. The summed E-state index contributed by atoms with van der Waals surface area (Å²) in [5.74, 6) is 3.37. The smallest absolute Gasteiger partial charge is 0.315 e. The lowest BCUT2D eigenvalue weighted by Gasteiger charge is -2.72. The molecule has 344 valence electrons. The van der Waals surface area contributed by atoms with Gasteiger partial charge in [0.25, 0.3) is 0 Å². The van der Waals surface area contributed by atoms with E-state index in [9.17, 15) is 20.0 Å². The third kappa shape index (κ3) is 7.59. The molecule has 8 heteroatoms. The van der Waals surface area contributed by atoms with Gasteiger partial charge in [0.05, 0.1) is 12.2 Å². The number of Topliss-reactive ketones (excluding diaryl/α,β-unsaturated/α-hetero) is 1. The summed E-state index contributed by atoms with van der Waals surface area (Å²) < 4.78 is 11.8. The molecule has 1 heterocycles. The van der Waals surface area contributed by atoms with Crippen molar-refractivity contribution in [3.05, 3.63) is 59.3 Å². The van der Waals surface area contributed by atoms with Crippen molar-refractivity contribution in [2.75, 3.05) is 19.8 Å². The van der Waals surface area contributed by atoms with E-state index in [4.69, 9.17) is 9.47 Å². The standard InChI is InChI=1S/C55H79N3O5/c1-10-62-48(60)53(35-63-47-40(34-56)12-11-32-57-47)24-15-39(16-25-53)42-20-22-50(7)44(49(42,5)6)21-23-52(9)45(50)14-13-43-46-41(36(2)3)19-28-55(46,30-29-51(43,52)8)58-33-31-54(61)26-17-38(18-27-54)37(4)59/h11-12,15,20,32,38,41,43-46,58,61H,2,10,13-14,16-19,21-31,33,35H2,1,3-9H3/t38-,41-,43+,44-,45+,46+,50-,51+,52+,53+,54-,55-/m0/s1. The highest BCUT2D eigenvalue weighted by Crippen LogP contribution is 2.76. The second-order valence-corrected chi connectivity index (χ2v) is 23.4. The van der Waals surface area contributed by atoms with Gasteiger partial charge in [0, 0.05) is 17.7 Å². The highest BCUT2D eigenvalue weighted by Gasteiger charge is 2.70. The number of rotatable bonds is 12. The Labute approximate surface area is 379 Å². The van der Waals surface area contributed by atoms with E-state index in [-0.39, 0.29) is 57.4 Å². The zero-order valence-corrected chi connectivity index (χ0v) is 40.2. The van der Waals surface area contributed by atoms with Crippen molar-refractivity contribution in [3.63, 3.8) is 0 Å². The molecule has 10 atom stereocenters. The molecule has 1 aromatic heterocycles. The first-order valence-electron chi connectivity index (χ1n) is 25.0. The molecule has 0 saturated heterocycles. The van der Waals surface area contributed by atoms with E-state index in [0.29, 0.717) is 54.6 Å². The normalized spacial score (nSPS) is 41.6. The maximum Gasteiger partial charge on any atom is 0.315 e. The first-order valence-corrected chi connectivity index (χ1v) is 25.0. The third-order valence-electron chi connectivity index (χ3n) is 20.2. The molecule has 0 amide bonds. The van der Waals surface area contributed by atoms with Crippen LogP contribution in [0.25, 0.3) is 0 Å². The summed E-state index contributed by atoms with van der Waals surface area (Å²) in [5.41, 5.74) is 3.84. The van der Waals surface area contributed by atoms with E-state index in [2.05, 4.69) is 76.6 Å². The summed E-state index contributed by atoms with van der Waals surface area (Å²) in [6, 6.07) is 5.58. The lowest BCUT2D eigenvalue weighted by atomic mass is 9.33. The number of aliphatic hydroxyl groups is 1. The first-order chi connectivity index (χ1) is 29.8. The number of nitrogens with zero attached hydrogens (tertiary/aromatic N) is 2. The number of esters is 1. The Morgan fingerprint density at radius 1 is 0.921 bits per heavy atom. The van der Waals surface area contributed by atoms with Crippen LogP contribution in [0.1, 0.15) is 170 Å². The van der Waals surface area contributed by atoms with Crippen LogP contribution in [0.15, 0.2) is 53.8 Å². The minimum Gasteiger partial charge on any atom is -0.475 e. The second-order valence-electron chi connectivity index (χ2n) is 23.4. The molecule has 8 nitrogen and oxygen atoms in total. The number of hydrogen-bond acceptors (Lipinski definition) is 8. The van der Waals surface area contributed by atoms with Crippen molar-refractivity contribution in [1.82, 2.24) is 10.3 Å². The molecule has 7 aliphatic rings. The first kappa shape index (κ1) is 46.3. The largest absolute Gasteiger partial charge is 0.475 e. The van der Waals surface area contributed by atoms with Gasteiger partial charge in [0.2, 0.25) is 5.88 Å². The van der Waals surface area contributed by atoms with Crippen molar-refractivity contribution < 1.29 is 24.2 Å². The second kappa shape index (κ2) is 16.9. The SMILES string of the molecule is C=C(C)[C@@H]1CC[C@]2(NCC[C@]3(O)CC[C@H](C(C)=O)CC3)CC[C@]3(C)[C@H](CC[C@@H]4[C@@]5(C)CC=C(C6=CC[C@@](COc7ncccc7C#N)(C(=O)OCC)CC6)C(C)(C)[C@@H]5CC[C@]43C)[C@@H]12. The fourth-order valence-electron chi connectivity index (χ4n) is 16.6. The van der Waals surface area contributed by atoms with Crippen LogP contribution >= 0.6 is 0 Å². The molecular weight excluding hydrogens is 783 g/mol. The lowest BCUT2D eigenvalue weighted by molar-refractivity contribution is -0.221. The van der Waals surface area contributed by atoms with Gasteiger partial charge in [-0.15, -0.1) is 0 Å². The highest BCUT2D eigenvalue weighted by atomic mass is 16.5. The maximum atomic E-state index is 13.6. The predicted molar refractivity (Wildman–Crippen MR) is 248 cm³/mol. The van der Waals surface area contributed by atoms with E-state index >= 15 is 0 Å². The number of nitrogens with one attached hydrogen (secondary N) is 1. The Morgan fingerprint density at radius 3 is 2.35 bits per heavy atom. The van der Waals surface area contributed by atoms with Gasteiger partial charge in [-0.2, -0.15) is 5.26 Å². The molecule has 1 aromatic rings. The van der Waals surface area contributed by atoms with Gasteiger partial charge in [-0.3, -0.25) is 9.59 Å². The van der Waals surface area contributed by atoms with Crippen molar-refractivity contribution in [3.8, 4) is 11.9 Å². The number of ether oxygens (including phenoxy) is 2. The Balaban J connectivity index is 1.01. The van der Waals surface area contributed by atoms with Crippen molar-refractivity contribution >= 4 is 11.8 Å². The van der Waals surface area contributed by atoms with Crippen molar-refractivity contribution in [2.45, 2.75) is 176 Å². The zero-order chi connectivity index (χ0) is 45.2. The Bertz CT molecular complexity index is 2060. The van der Waals surface area contributed by atoms with Crippen molar-refractivity contribution in [1.29, 1.82) is 5.26 Å². The predicted octanol–water partition coefficient (Wildman–Crippen LogP) is 11.4. The molecule has 63 heavy (non-hydrogen) atoms. The van der Waals surface area contributed by atoms with E-state index in [0.717, 1.165) is 51.5 Å². The number of aromatic nitrogens is 1. The van der Waals surface area contributed by atoms with Crippen LogP contribution in [-0.2, 0) is 14.3 Å². The van der Waals surface area contributed by atoms with Crippen LogP contribution in [0.3, 0.4) is 0 Å².